The molecule has 2 aliphatic carbocycles. The Bertz CT molecular complexity index is 880. The first-order chi connectivity index (χ1) is 14.7. The van der Waals surface area contributed by atoms with E-state index in [4.69, 9.17) is 9.47 Å². The summed E-state index contributed by atoms with van der Waals surface area (Å²) in [5, 5.41) is 0. The number of carbonyl (C=O) groups excluding carboxylic acids is 1. The maximum Gasteiger partial charge on any atom is 0.318 e. The molecule has 4 heteroatoms. The SMILES string of the molecule is CCCCN(C)C1C2CCC1C(OC(=O)C1c3ccccc3Oc3ccccc31)C2. The van der Waals surface area contributed by atoms with Crippen LogP contribution < -0.4 is 4.74 Å². The van der Waals surface area contributed by atoms with Crippen molar-refractivity contribution in [3.8, 4) is 11.5 Å². The summed E-state index contributed by atoms with van der Waals surface area (Å²) < 4.78 is 12.3. The number of hydrogen-bond acceptors (Lipinski definition) is 4. The second-order valence-corrected chi connectivity index (χ2v) is 9.15. The van der Waals surface area contributed by atoms with Gasteiger partial charge in [0, 0.05) is 23.1 Å². The number of esters is 1. The van der Waals surface area contributed by atoms with E-state index in [1.165, 1.54) is 25.7 Å². The summed E-state index contributed by atoms with van der Waals surface area (Å²) in [4.78, 5) is 16.0. The molecule has 158 valence electrons. The predicted octanol–water partition coefficient (Wildman–Crippen LogP) is 5.37. The van der Waals surface area contributed by atoms with Gasteiger partial charge in [-0.15, -0.1) is 0 Å². The van der Waals surface area contributed by atoms with Crippen LogP contribution in [-0.4, -0.2) is 36.6 Å². The first-order valence-corrected chi connectivity index (χ1v) is 11.4. The Kier molecular flexibility index (Phi) is 5.28. The van der Waals surface area contributed by atoms with E-state index in [1.54, 1.807) is 0 Å². The molecule has 0 spiro atoms. The van der Waals surface area contributed by atoms with Gasteiger partial charge in [-0.3, -0.25) is 4.79 Å². The van der Waals surface area contributed by atoms with Crippen molar-refractivity contribution < 1.29 is 14.3 Å². The number of hydrogen-bond donors (Lipinski definition) is 0. The summed E-state index contributed by atoms with van der Waals surface area (Å²) in [5.41, 5.74) is 1.81. The fraction of sp³-hybridized carbons (Fsp3) is 0.500. The lowest BCUT2D eigenvalue weighted by atomic mass is 9.88. The molecule has 1 heterocycles. The smallest absolute Gasteiger partial charge is 0.318 e. The van der Waals surface area contributed by atoms with Crippen LogP contribution in [0.2, 0.25) is 0 Å². The molecule has 0 saturated heterocycles. The first kappa shape index (κ1) is 19.6. The number of fused-ring (bicyclic) bond motifs is 4. The second kappa shape index (κ2) is 8.07. The highest BCUT2D eigenvalue weighted by Crippen LogP contribution is 2.50. The van der Waals surface area contributed by atoms with Crippen molar-refractivity contribution in [2.75, 3.05) is 13.6 Å². The van der Waals surface area contributed by atoms with Crippen molar-refractivity contribution >= 4 is 5.97 Å². The normalized spacial score (nSPS) is 26.9. The topological polar surface area (TPSA) is 38.8 Å². The predicted molar refractivity (Wildman–Crippen MR) is 117 cm³/mol. The Balaban J connectivity index is 1.37. The number of para-hydroxylation sites is 2. The molecule has 0 N–H and O–H groups in total. The zero-order valence-corrected chi connectivity index (χ0v) is 17.9. The minimum atomic E-state index is -0.415. The third kappa shape index (κ3) is 3.31. The Morgan fingerprint density at radius 3 is 2.40 bits per heavy atom. The van der Waals surface area contributed by atoms with Crippen molar-refractivity contribution in [2.45, 2.75) is 57.1 Å². The number of carbonyl (C=O) groups is 1. The first-order valence-electron chi connectivity index (χ1n) is 11.4. The van der Waals surface area contributed by atoms with E-state index in [0.29, 0.717) is 17.9 Å². The standard InChI is InChI=1S/C26H31NO3/c1-3-4-15-27(2)25-17-13-14-20(25)23(16-17)30-26(28)24-18-9-5-7-11-21(18)29-22-12-8-6-10-19(22)24/h5-12,17,20,23-25H,3-4,13-16H2,1-2H3. The van der Waals surface area contributed by atoms with E-state index < -0.39 is 5.92 Å². The monoisotopic (exact) mass is 405 g/mol. The van der Waals surface area contributed by atoms with Gasteiger partial charge >= 0.3 is 5.97 Å². The van der Waals surface area contributed by atoms with E-state index in [0.717, 1.165) is 35.6 Å². The Morgan fingerprint density at radius 2 is 1.73 bits per heavy atom. The molecule has 2 aromatic carbocycles. The minimum absolute atomic E-state index is 0.0347. The van der Waals surface area contributed by atoms with Gasteiger partial charge in [0.1, 0.15) is 23.5 Å². The molecule has 4 nitrogen and oxygen atoms in total. The van der Waals surface area contributed by atoms with Crippen molar-refractivity contribution in [1.82, 2.24) is 4.90 Å². The van der Waals surface area contributed by atoms with E-state index in [1.807, 2.05) is 48.5 Å². The highest BCUT2D eigenvalue weighted by molar-refractivity contribution is 5.85. The fourth-order valence-corrected chi connectivity index (χ4v) is 5.99. The lowest BCUT2D eigenvalue weighted by molar-refractivity contribution is -0.152. The number of benzene rings is 2. The van der Waals surface area contributed by atoms with E-state index in [-0.39, 0.29) is 12.1 Å². The molecule has 30 heavy (non-hydrogen) atoms. The molecule has 4 atom stereocenters. The molecule has 4 unspecified atom stereocenters. The van der Waals surface area contributed by atoms with Gasteiger partial charge in [0.2, 0.25) is 0 Å². The summed E-state index contributed by atoms with van der Waals surface area (Å²) >= 11 is 0. The van der Waals surface area contributed by atoms with Gasteiger partial charge in [-0.05, 0) is 57.3 Å². The van der Waals surface area contributed by atoms with Crippen LogP contribution in [0, 0.1) is 11.8 Å². The van der Waals surface area contributed by atoms with Crippen LogP contribution >= 0.6 is 0 Å². The van der Waals surface area contributed by atoms with Gasteiger partial charge in [-0.25, -0.2) is 0 Å². The van der Waals surface area contributed by atoms with E-state index in [9.17, 15) is 4.79 Å². The third-order valence-corrected chi connectivity index (χ3v) is 7.36. The lowest BCUT2D eigenvalue weighted by Gasteiger charge is -2.31. The fourth-order valence-electron chi connectivity index (χ4n) is 5.99. The molecular formula is C26H31NO3. The van der Waals surface area contributed by atoms with Gasteiger partial charge in [-0.1, -0.05) is 49.7 Å². The van der Waals surface area contributed by atoms with Crippen LogP contribution in [-0.2, 0) is 9.53 Å². The van der Waals surface area contributed by atoms with E-state index >= 15 is 0 Å². The second-order valence-electron chi connectivity index (χ2n) is 9.15. The lowest BCUT2D eigenvalue weighted by Crippen LogP contribution is -2.38. The minimum Gasteiger partial charge on any atom is -0.461 e. The van der Waals surface area contributed by atoms with Crippen LogP contribution in [0.15, 0.2) is 48.5 Å². The summed E-state index contributed by atoms with van der Waals surface area (Å²) in [7, 11) is 2.25. The molecule has 1 aliphatic heterocycles. The summed E-state index contributed by atoms with van der Waals surface area (Å²) in [6, 6.07) is 16.2. The molecule has 2 fully saturated rings. The van der Waals surface area contributed by atoms with E-state index in [2.05, 4.69) is 18.9 Å². The van der Waals surface area contributed by atoms with Gasteiger partial charge in [0.25, 0.3) is 0 Å². The van der Waals surface area contributed by atoms with Gasteiger partial charge in [0.15, 0.2) is 0 Å². The third-order valence-electron chi connectivity index (χ3n) is 7.36. The van der Waals surface area contributed by atoms with Crippen LogP contribution in [0.3, 0.4) is 0 Å². The maximum absolute atomic E-state index is 13.5. The summed E-state index contributed by atoms with van der Waals surface area (Å²) in [6.07, 6.45) is 5.92. The quantitative estimate of drug-likeness (QED) is 0.606. The number of ether oxygens (including phenoxy) is 2. The summed E-state index contributed by atoms with van der Waals surface area (Å²) in [5.74, 6) is 2.08. The molecule has 0 aromatic heterocycles. The Labute approximate surface area is 179 Å². The molecule has 2 bridgehead atoms. The van der Waals surface area contributed by atoms with Gasteiger partial charge in [-0.2, -0.15) is 0 Å². The molecule has 0 radical (unpaired) electrons. The molecular weight excluding hydrogens is 374 g/mol. The zero-order chi connectivity index (χ0) is 20.7. The number of rotatable bonds is 6. The largest absolute Gasteiger partial charge is 0.461 e. The van der Waals surface area contributed by atoms with Crippen LogP contribution in [0.4, 0.5) is 0 Å². The number of unbranched alkanes of at least 4 members (excludes halogenated alkanes) is 1. The van der Waals surface area contributed by atoms with Crippen molar-refractivity contribution in [3.63, 3.8) is 0 Å². The van der Waals surface area contributed by atoms with Crippen molar-refractivity contribution in [2.24, 2.45) is 11.8 Å². The van der Waals surface area contributed by atoms with Crippen molar-refractivity contribution in [1.29, 1.82) is 0 Å². The molecule has 2 aromatic rings. The maximum atomic E-state index is 13.5. The molecule has 0 amide bonds. The molecule has 2 saturated carbocycles. The summed E-state index contributed by atoms with van der Waals surface area (Å²) in [6.45, 7) is 3.38. The van der Waals surface area contributed by atoms with Crippen molar-refractivity contribution in [3.05, 3.63) is 59.7 Å². The molecule has 3 aliphatic rings. The van der Waals surface area contributed by atoms with Gasteiger partial charge in [0.05, 0.1) is 0 Å². The van der Waals surface area contributed by atoms with Crippen LogP contribution in [0.1, 0.15) is 56.1 Å². The van der Waals surface area contributed by atoms with Gasteiger partial charge < -0.3 is 14.4 Å². The van der Waals surface area contributed by atoms with Crippen LogP contribution in [0.5, 0.6) is 11.5 Å². The average molecular weight is 406 g/mol. The number of nitrogens with zero attached hydrogens (tertiary/aromatic N) is 1. The Morgan fingerprint density at radius 1 is 1.07 bits per heavy atom. The Hall–Kier alpha value is -2.33. The highest BCUT2D eigenvalue weighted by Gasteiger charge is 2.51. The van der Waals surface area contributed by atoms with Crippen LogP contribution in [0.25, 0.3) is 0 Å². The molecule has 5 rings (SSSR count). The highest BCUT2D eigenvalue weighted by atomic mass is 16.5. The zero-order valence-electron chi connectivity index (χ0n) is 17.9. The average Bonchev–Trinajstić information content (AvgIpc) is 3.33.